The fourth-order valence-corrected chi connectivity index (χ4v) is 1.92. The van der Waals surface area contributed by atoms with Crippen LogP contribution in [0.4, 0.5) is 0 Å². The van der Waals surface area contributed by atoms with Crippen LogP contribution in [0.25, 0.3) is 0 Å². The van der Waals surface area contributed by atoms with E-state index < -0.39 is 0 Å². The Morgan fingerprint density at radius 3 is 2.87 bits per heavy atom. The predicted molar refractivity (Wildman–Crippen MR) is 68.7 cm³/mol. The van der Waals surface area contributed by atoms with E-state index in [0.29, 0.717) is 21.9 Å². The maximum absolute atomic E-state index is 6.04. The second-order valence-corrected chi connectivity index (χ2v) is 4.36. The van der Waals surface area contributed by atoms with Crippen LogP contribution in [0.5, 0.6) is 0 Å². The Labute approximate surface area is 102 Å². The molecule has 15 heavy (non-hydrogen) atoms. The van der Waals surface area contributed by atoms with Gasteiger partial charge in [-0.15, -0.1) is 0 Å². The Kier molecular flexibility index (Phi) is 3.03. The molecule has 0 fully saturated rings. The smallest absolute Gasteiger partial charge is 0.152 e. The van der Waals surface area contributed by atoms with Gasteiger partial charge in [0, 0.05) is 6.42 Å². The van der Waals surface area contributed by atoms with Gasteiger partial charge in [0.25, 0.3) is 0 Å². The molecule has 0 unspecified atom stereocenters. The number of rotatable bonds is 0. The molecule has 0 aromatic carbocycles. The minimum absolute atomic E-state index is 0.411. The van der Waals surface area contributed by atoms with Crippen LogP contribution in [0.3, 0.4) is 0 Å². The molecule has 0 radical (unpaired) electrons. The second kappa shape index (κ2) is 4.29. The van der Waals surface area contributed by atoms with Gasteiger partial charge in [-0.05, 0) is 33.7 Å². The van der Waals surface area contributed by atoms with E-state index in [2.05, 4.69) is 32.5 Å². The average Bonchev–Trinajstić information content (AvgIpc) is 2.36. The SMILES string of the molecule is C=C1C=CC2=CC=C(Br)N=C(Cl)C(=N1)C2. The summed E-state index contributed by atoms with van der Waals surface area (Å²) in [5, 5.41) is 0.411. The van der Waals surface area contributed by atoms with Gasteiger partial charge in [-0.2, -0.15) is 0 Å². The molecule has 0 aromatic rings. The molecule has 2 aliphatic heterocycles. The normalized spacial score (nSPS) is 20.5. The highest BCUT2D eigenvalue weighted by molar-refractivity contribution is 9.11. The first-order chi connectivity index (χ1) is 7.15. The molecule has 0 atom stereocenters. The highest BCUT2D eigenvalue weighted by atomic mass is 79.9. The van der Waals surface area contributed by atoms with Gasteiger partial charge < -0.3 is 0 Å². The van der Waals surface area contributed by atoms with E-state index in [0.717, 1.165) is 11.3 Å². The fraction of sp³-hybridized carbons (Fsp3) is 0.0909. The van der Waals surface area contributed by atoms with Crippen LogP contribution in [0, 0.1) is 0 Å². The first-order valence-electron chi connectivity index (χ1n) is 4.40. The molecule has 2 rings (SSSR count). The quantitative estimate of drug-likeness (QED) is 0.605. The van der Waals surface area contributed by atoms with Crippen molar-refractivity contribution < 1.29 is 0 Å². The largest absolute Gasteiger partial charge is 0.251 e. The summed E-state index contributed by atoms with van der Waals surface area (Å²) in [5.41, 5.74) is 2.58. The zero-order valence-corrected chi connectivity index (χ0v) is 10.2. The topological polar surface area (TPSA) is 24.7 Å². The van der Waals surface area contributed by atoms with Crippen molar-refractivity contribution in [2.45, 2.75) is 6.42 Å². The summed E-state index contributed by atoms with van der Waals surface area (Å²) >= 11 is 9.35. The number of hydrogen-bond acceptors (Lipinski definition) is 2. The van der Waals surface area contributed by atoms with E-state index in [1.807, 2.05) is 24.3 Å². The molecule has 0 aliphatic carbocycles. The Morgan fingerprint density at radius 2 is 2.07 bits per heavy atom. The molecule has 2 nitrogen and oxygen atoms in total. The summed E-state index contributed by atoms with van der Waals surface area (Å²) in [6.07, 6.45) is 8.41. The average molecular weight is 284 g/mol. The van der Waals surface area contributed by atoms with Crippen molar-refractivity contribution in [3.05, 3.63) is 46.8 Å². The Bertz CT molecular complexity index is 467. The summed E-state index contributed by atoms with van der Waals surface area (Å²) in [6.45, 7) is 3.81. The monoisotopic (exact) mass is 282 g/mol. The van der Waals surface area contributed by atoms with Crippen molar-refractivity contribution in [1.29, 1.82) is 0 Å². The molecule has 2 heterocycles. The van der Waals surface area contributed by atoms with Crippen LogP contribution in [-0.2, 0) is 0 Å². The van der Waals surface area contributed by atoms with Crippen molar-refractivity contribution >= 4 is 38.4 Å². The molecule has 2 aliphatic rings. The molecule has 0 aromatic heterocycles. The van der Waals surface area contributed by atoms with Crippen LogP contribution in [-0.4, -0.2) is 10.9 Å². The lowest BCUT2D eigenvalue weighted by molar-refractivity contribution is 1.34. The lowest BCUT2D eigenvalue weighted by Crippen LogP contribution is -2.09. The van der Waals surface area contributed by atoms with Gasteiger partial charge in [-0.1, -0.05) is 30.3 Å². The molecule has 0 amide bonds. The molecule has 0 saturated heterocycles. The Morgan fingerprint density at radius 1 is 1.27 bits per heavy atom. The maximum atomic E-state index is 6.04. The molecule has 0 spiro atoms. The van der Waals surface area contributed by atoms with E-state index in [4.69, 9.17) is 11.6 Å². The van der Waals surface area contributed by atoms with Crippen molar-refractivity contribution in [3.63, 3.8) is 0 Å². The van der Waals surface area contributed by atoms with Crippen LogP contribution in [0.1, 0.15) is 6.42 Å². The van der Waals surface area contributed by atoms with Crippen molar-refractivity contribution in [2.75, 3.05) is 0 Å². The number of halogens is 2. The minimum Gasteiger partial charge on any atom is -0.251 e. The third-order valence-corrected chi connectivity index (χ3v) is 2.76. The molecule has 0 saturated carbocycles. The second-order valence-electron chi connectivity index (χ2n) is 3.19. The standard InChI is InChI=1S/C11H8BrClN2/c1-7-2-3-8-4-5-10(12)15-11(13)9(6-8)14-7/h2-5H,1,6H2. The van der Waals surface area contributed by atoms with Crippen molar-refractivity contribution in [1.82, 2.24) is 0 Å². The van der Waals surface area contributed by atoms with E-state index in [1.165, 1.54) is 0 Å². The molecular weight excluding hydrogens is 275 g/mol. The van der Waals surface area contributed by atoms with Crippen LogP contribution >= 0.6 is 27.5 Å². The summed E-state index contributed by atoms with van der Waals surface area (Å²) in [7, 11) is 0. The van der Waals surface area contributed by atoms with E-state index >= 15 is 0 Å². The Hall–Kier alpha value is -0.930. The summed E-state index contributed by atoms with van der Waals surface area (Å²) in [4.78, 5) is 8.45. The van der Waals surface area contributed by atoms with Gasteiger partial charge in [0.2, 0.25) is 0 Å². The summed E-state index contributed by atoms with van der Waals surface area (Å²) in [6, 6.07) is 0. The molecule has 4 heteroatoms. The predicted octanol–water partition coefficient (Wildman–Crippen LogP) is 3.71. The van der Waals surface area contributed by atoms with E-state index in [9.17, 15) is 0 Å². The zero-order valence-electron chi connectivity index (χ0n) is 7.87. The maximum Gasteiger partial charge on any atom is 0.152 e. The number of allylic oxidation sites excluding steroid dienone is 5. The zero-order chi connectivity index (χ0) is 10.8. The van der Waals surface area contributed by atoms with Gasteiger partial charge in [0.15, 0.2) is 5.17 Å². The van der Waals surface area contributed by atoms with Gasteiger partial charge in [0.1, 0.15) is 4.61 Å². The van der Waals surface area contributed by atoms with Crippen LogP contribution < -0.4 is 0 Å². The molecular formula is C11H8BrClN2. The third-order valence-electron chi connectivity index (χ3n) is 2.02. The summed E-state index contributed by atoms with van der Waals surface area (Å²) in [5.74, 6) is 0. The first-order valence-corrected chi connectivity index (χ1v) is 5.58. The molecule has 2 bridgehead atoms. The van der Waals surface area contributed by atoms with Gasteiger partial charge >= 0.3 is 0 Å². The first kappa shape index (κ1) is 10.6. The van der Waals surface area contributed by atoms with Gasteiger partial charge in [0.05, 0.1) is 11.4 Å². The van der Waals surface area contributed by atoms with Crippen LogP contribution in [0.15, 0.2) is 56.7 Å². The third kappa shape index (κ3) is 2.55. The van der Waals surface area contributed by atoms with Gasteiger partial charge in [-0.3, -0.25) is 4.99 Å². The molecule has 0 N–H and O–H groups in total. The number of nitrogens with zero attached hydrogens (tertiary/aromatic N) is 2. The summed E-state index contributed by atoms with van der Waals surface area (Å²) < 4.78 is 0.693. The highest BCUT2D eigenvalue weighted by Crippen LogP contribution is 2.21. The fourth-order valence-electron chi connectivity index (χ4n) is 1.31. The van der Waals surface area contributed by atoms with Crippen molar-refractivity contribution in [2.24, 2.45) is 9.98 Å². The number of aliphatic imine (C=N–C) groups is 2. The highest BCUT2D eigenvalue weighted by Gasteiger charge is 2.13. The lowest BCUT2D eigenvalue weighted by Gasteiger charge is -2.05. The van der Waals surface area contributed by atoms with E-state index in [-0.39, 0.29) is 0 Å². The van der Waals surface area contributed by atoms with Crippen molar-refractivity contribution in [3.8, 4) is 0 Å². The molecule has 76 valence electrons. The van der Waals surface area contributed by atoms with Crippen LogP contribution in [0.2, 0.25) is 0 Å². The lowest BCUT2D eigenvalue weighted by atomic mass is 10.1. The number of fused-ring (bicyclic) bond motifs is 2. The number of hydrogen-bond donors (Lipinski definition) is 0. The van der Waals surface area contributed by atoms with E-state index in [1.54, 1.807) is 0 Å². The Balaban J connectivity index is 2.56. The van der Waals surface area contributed by atoms with Gasteiger partial charge in [-0.25, -0.2) is 4.99 Å². The minimum atomic E-state index is 0.411.